The molecule has 0 saturated carbocycles. The number of amides is 1. The summed E-state index contributed by atoms with van der Waals surface area (Å²) in [7, 11) is 0. The predicted octanol–water partition coefficient (Wildman–Crippen LogP) is 5.96. The van der Waals surface area contributed by atoms with Gasteiger partial charge in [-0.1, -0.05) is 54.1 Å². The second-order valence-corrected chi connectivity index (χ2v) is 9.49. The van der Waals surface area contributed by atoms with Crippen LogP contribution in [0.5, 0.6) is 11.5 Å². The first-order valence-corrected chi connectivity index (χ1v) is 13.3. The van der Waals surface area contributed by atoms with Crippen molar-refractivity contribution in [1.29, 1.82) is 5.26 Å². The zero-order valence-electron chi connectivity index (χ0n) is 22.7. The highest BCUT2D eigenvalue weighted by atomic mass is 16.5. The van der Waals surface area contributed by atoms with Crippen molar-refractivity contribution in [3.05, 3.63) is 107 Å². The lowest BCUT2D eigenvalue weighted by Gasteiger charge is -2.36. The van der Waals surface area contributed by atoms with E-state index >= 15 is 0 Å². The summed E-state index contributed by atoms with van der Waals surface area (Å²) in [6, 6.07) is 24.3. The number of nitrogens with zero attached hydrogens (tertiary/aromatic N) is 3. The van der Waals surface area contributed by atoms with Crippen LogP contribution in [-0.4, -0.2) is 43.6 Å². The van der Waals surface area contributed by atoms with E-state index < -0.39 is 0 Å². The van der Waals surface area contributed by atoms with Crippen LogP contribution in [0.2, 0.25) is 0 Å². The monoisotopic (exact) mass is 521 g/mol. The fourth-order valence-electron chi connectivity index (χ4n) is 4.63. The number of hydrogen-bond donors (Lipinski definition) is 0. The fourth-order valence-corrected chi connectivity index (χ4v) is 4.63. The lowest BCUT2D eigenvalue weighted by atomic mass is 10.0. The molecule has 1 heterocycles. The molecule has 4 rings (SSSR count). The van der Waals surface area contributed by atoms with Crippen molar-refractivity contribution in [3.8, 4) is 17.6 Å². The molecule has 3 aromatic carbocycles. The van der Waals surface area contributed by atoms with Crippen molar-refractivity contribution in [2.45, 2.75) is 26.9 Å². The van der Waals surface area contributed by atoms with E-state index in [0.29, 0.717) is 49.8 Å². The Morgan fingerprint density at radius 3 is 2.38 bits per heavy atom. The van der Waals surface area contributed by atoms with E-state index in [2.05, 4.69) is 48.7 Å². The van der Waals surface area contributed by atoms with Gasteiger partial charge in [0.2, 0.25) is 0 Å². The molecule has 0 aliphatic carbocycles. The minimum absolute atomic E-state index is 0.100. The van der Waals surface area contributed by atoms with Crippen LogP contribution in [-0.2, 0) is 17.8 Å². The molecule has 1 saturated heterocycles. The normalized spacial score (nSPS) is 13.5. The van der Waals surface area contributed by atoms with Gasteiger partial charge in [0.05, 0.1) is 6.61 Å². The van der Waals surface area contributed by atoms with E-state index in [-0.39, 0.29) is 11.5 Å². The van der Waals surface area contributed by atoms with Crippen molar-refractivity contribution in [2.24, 2.45) is 0 Å². The van der Waals surface area contributed by atoms with Crippen LogP contribution in [0.15, 0.2) is 85.0 Å². The summed E-state index contributed by atoms with van der Waals surface area (Å²) < 4.78 is 12.2. The molecular weight excluding hydrogens is 486 g/mol. The zero-order valence-corrected chi connectivity index (χ0v) is 22.7. The molecule has 6 heteroatoms. The molecule has 1 aliphatic rings. The third-order valence-corrected chi connectivity index (χ3v) is 6.67. The molecule has 0 N–H and O–H groups in total. The highest BCUT2D eigenvalue weighted by molar-refractivity contribution is 6.02. The van der Waals surface area contributed by atoms with Crippen molar-refractivity contribution in [3.63, 3.8) is 0 Å². The number of anilines is 1. The van der Waals surface area contributed by atoms with Crippen LogP contribution in [0, 0.1) is 18.3 Å². The van der Waals surface area contributed by atoms with Crippen LogP contribution in [0.25, 0.3) is 6.08 Å². The summed E-state index contributed by atoms with van der Waals surface area (Å²) in [6.45, 7) is 11.3. The molecule has 0 bridgehead atoms. The number of ether oxygens (including phenoxy) is 2. The number of carbonyl (C=O) groups is 1. The zero-order chi connectivity index (χ0) is 27.6. The Morgan fingerprint density at radius 1 is 1.03 bits per heavy atom. The van der Waals surface area contributed by atoms with Crippen LogP contribution in [0.3, 0.4) is 0 Å². The van der Waals surface area contributed by atoms with Crippen molar-refractivity contribution in [2.75, 3.05) is 37.7 Å². The van der Waals surface area contributed by atoms with Gasteiger partial charge in [0, 0.05) is 37.4 Å². The van der Waals surface area contributed by atoms with Crippen molar-refractivity contribution >= 4 is 17.7 Å². The number of hydrogen-bond acceptors (Lipinski definition) is 5. The summed E-state index contributed by atoms with van der Waals surface area (Å²) in [6.07, 6.45) is 4.01. The van der Waals surface area contributed by atoms with Gasteiger partial charge >= 0.3 is 0 Å². The Balaban J connectivity index is 1.54. The fraction of sp³-hybridized carbons (Fsp3) is 0.273. The molecule has 0 radical (unpaired) electrons. The molecule has 6 nitrogen and oxygen atoms in total. The van der Waals surface area contributed by atoms with Gasteiger partial charge in [-0.3, -0.25) is 4.79 Å². The van der Waals surface area contributed by atoms with Gasteiger partial charge in [-0.25, -0.2) is 0 Å². The molecule has 3 aromatic rings. The maximum atomic E-state index is 13.3. The van der Waals surface area contributed by atoms with Gasteiger partial charge in [0.25, 0.3) is 5.91 Å². The number of carbonyl (C=O) groups excluding carboxylic acids is 1. The van der Waals surface area contributed by atoms with E-state index in [0.717, 1.165) is 29.9 Å². The van der Waals surface area contributed by atoms with Gasteiger partial charge in [0.15, 0.2) is 11.5 Å². The number of piperazine rings is 1. The summed E-state index contributed by atoms with van der Waals surface area (Å²) >= 11 is 0. The maximum Gasteiger partial charge on any atom is 0.264 e. The Kier molecular flexibility index (Phi) is 9.42. The van der Waals surface area contributed by atoms with Gasteiger partial charge in [-0.15, -0.1) is 6.58 Å². The molecule has 0 aromatic heterocycles. The van der Waals surface area contributed by atoms with Crippen molar-refractivity contribution in [1.82, 2.24) is 4.90 Å². The summed E-state index contributed by atoms with van der Waals surface area (Å²) in [5, 5.41) is 9.90. The first-order chi connectivity index (χ1) is 19.0. The molecule has 1 aliphatic heterocycles. The highest BCUT2D eigenvalue weighted by Gasteiger charge is 2.24. The summed E-state index contributed by atoms with van der Waals surface area (Å²) in [4.78, 5) is 17.3. The summed E-state index contributed by atoms with van der Waals surface area (Å²) in [5.74, 6) is 0.973. The maximum absolute atomic E-state index is 13.3. The Labute approximate surface area is 231 Å². The van der Waals surface area contributed by atoms with E-state index in [9.17, 15) is 10.1 Å². The van der Waals surface area contributed by atoms with E-state index in [1.165, 1.54) is 5.56 Å². The van der Waals surface area contributed by atoms with E-state index in [4.69, 9.17) is 9.47 Å². The van der Waals surface area contributed by atoms with Gasteiger partial charge in [-0.2, -0.15) is 5.26 Å². The van der Waals surface area contributed by atoms with E-state index in [1.807, 2.05) is 49.4 Å². The first-order valence-electron chi connectivity index (χ1n) is 13.3. The standard InChI is InChI=1S/C33H35N3O3/c1-4-9-28-20-27(22-31(38-5-2)32(28)39-24-26-14-12-25(3)13-15-26)21-29(23-34)33(37)36-18-16-35(17-19-36)30-10-7-6-8-11-30/h4,6-8,10-15,20-22H,1,5,9,16-19,24H2,2-3H3/b29-21-. The average Bonchev–Trinajstić information content (AvgIpc) is 2.97. The Bertz CT molecular complexity index is 1350. The smallest absolute Gasteiger partial charge is 0.264 e. The Morgan fingerprint density at radius 2 is 1.74 bits per heavy atom. The second kappa shape index (κ2) is 13.3. The number of nitriles is 1. The lowest BCUT2D eigenvalue weighted by Crippen LogP contribution is -2.49. The van der Waals surface area contributed by atoms with Crippen molar-refractivity contribution < 1.29 is 14.3 Å². The number of rotatable bonds is 10. The molecule has 39 heavy (non-hydrogen) atoms. The predicted molar refractivity (Wildman–Crippen MR) is 156 cm³/mol. The molecule has 1 amide bonds. The topological polar surface area (TPSA) is 65.8 Å². The quantitative estimate of drug-likeness (QED) is 0.187. The molecule has 200 valence electrons. The lowest BCUT2D eigenvalue weighted by molar-refractivity contribution is -0.126. The van der Waals surface area contributed by atoms with Crippen LogP contribution in [0.1, 0.15) is 29.2 Å². The van der Waals surface area contributed by atoms with Crippen LogP contribution < -0.4 is 14.4 Å². The Hall–Kier alpha value is -4.50. The largest absolute Gasteiger partial charge is 0.490 e. The van der Waals surface area contributed by atoms with Crippen LogP contribution in [0.4, 0.5) is 5.69 Å². The molecular formula is C33H35N3O3. The highest BCUT2D eigenvalue weighted by Crippen LogP contribution is 2.35. The van der Waals surface area contributed by atoms with Gasteiger partial charge in [-0.05, 0) is 61.7 Å². The SMILES string of the molecule is C=CCc1cc(/C=C(/C#N)C(=O)N2CCN(c3ccccc3)CC2)cc(OCC)c1OCc1ccc(C)cc1. The first kappa shape index (κ1) is 27.5. The number of allylic oxidation sites excluding steroid dienone is 1. The molecule has 0 spiro atoms. The molecule has 0 atom stereocenters. The second-order valence-electron chi connectivity index (χ2n) is 9.49. The van der Waals surface area contributed by atoms with Crippen LogP contribution >= 0.6 is 0 Å². The third-order valence-electron chi connectivity index (χ3n) is 6.67. The molecule has 1 fully saturated rings. The number of benzene rings is 3. The number of aryl methyl sites for hydroxylation is 1. The minimum atomic E-state index is -0.256. The summed E-state index contributed by atoms with van der Waals surface area (Å²) in [5.41, 5.74) is 5.09. The van der Waals surface area contributed by atoms with Gasteiger partial charge in [0.1, 0.15) is 18.2 Å². The number of para-hydroxylation sites is 1. The average molecular weight is 522 g/mol. The third kappa shape index (κ3) is 7.08. The molecule has 0 unspecified atom stereocenters. The van der Waals surface area contributed by atoms with E-state index in [1.54, 1.807) is 17.1 Å². The minimum Gasteiger partial charge on any atom is -0.490 e. The van der Waals surface area contributed by atoms with Gasteiger partial charge < -0.3 is 19.3 Å².